The summed E-state index contributed by atoms with van der Waals surface area (Å²) in [6, 6.07) is 12.7. The molecule has 13 nitrogen and oxygen atoms in total. The van der Waals surface area contributed by atoms with Crippen molar-refractivity contribution in [3.63, 3.8) is 0 Å². The molecule has 0 bridgehead atoms. The molecule has 1 aliphatic rings. The summed E-state index contributed by atoms with van der Waals surface area (Å²) in [7, 11) is 0. The molecular weight excluding hydrogens is 544 g/mol. The fraction of sp³-hybridized carbons (Fsp3) is 0.393. The number of aromatic hydroxyl groups is 1. The fourth-order valence-corrected chi connectivity index (χ4v) is 3.96. The van der Waals surface area contributed by atoms with Gasteiger partial charge in [0.1, 0.15) is 19.3 Å². The number of ether oxygens (including phenoxy) is 7. The molecule has 1 fully saturated rings. The standard InChI is InChI=1S/C28H30O13/c1-15(29)35-14-23-24(37-16(2)30)25(38-17(3)31)26(39-18(4)32)28(41-23)40-22-11-10-20(12-21(22)33)27(34)36-13-19-8-6-5-7-9-19/h5-12,23-26,28,33H,13-14H2,1-4H3/t23-,24+,25+,26-,28-/m1/s1. The first-order valence-electron chi connectivity index (χ1n) is 12.5. The Labute approximate surface area is 235 Å². The Kier molecular flexibility index (Phi) is 10.6. The van der Waals surface area contributed by atoms with Crippen molar-refractivity contribution in [2.75, 3.05) is 6.61 Å². The van der Waals surface area contributed by atoms with Crippen LogP contribution < -0.4 is 4.74 Å². The van der Waals surface area contributed by atoms with Crippen molar-refractivity contribution in [2.45, 2.75) is 65.0 Å². The molecule has 1 N–H and O–H groups in total. The van der Waals surface area contributed by atoms with Crippen molar-refractivity contribution >= 4 is 29.8 Å². The summed E-state index contributed by atoms with van der Waals surface area (Å²) in [5.74, 6) is -4.48. The summed E-state index contributed by atoms with van der Waals surface area (Å²) in [4.78, 5) is 59.7. The zero-order chi connectivity index (χ0) is 30.1. The van der Waals surface area contributed by atoms with Gasteiger partial charge in [-0.15, -0.1) is 0 Å². The van der Waals surface area contributed by atoms with Crippen LogP contribution in [0.4, 0.5) is 0 Å². The van der Waals surface area contributed by atoms with Crippen LogP contribution in [-0.4, -0.2) is 72.3 Å². The smallest absolute Gasteiger partial charge is 0.338 e. The van der Waals surface area contributed by atoms with Gasteiger partial charge in [0, 0.05) is 27.7 Å². The van der Waals surface area contributed by atoms with E-state index in [9.17, 15) is 29.1 Å². The van der Waals surface area contributed by atoms with Crippen LogP contribution >= 0.6 is 0 Å². The fourth-order valence-electron chi connectivity index (χ4n) is 3.96. The summed E-state index contributed by atoms with van der Waals surface area (Å²) in [6.45, 7) is 3.98. The number of esters is 5. The summed E-state index contributed by atoms with van der Waals surface area (Å²) in [5, 5.41) is 10.6. The highest BCUT2D eigenvalue weighted by molar-refractivity contribution is 5.90. The van der Waals surface area contributed by atoms with Gasteiger partial charge in [0.15, 0.2) is 23.7 Å². The summed E-state index contributed by atoms with van der Waals surface area (Å²) >= 11 is 0. The van der Waals surface area contributed by atoms with E-state index in [1.807, 2.05) is 6.07 Å². The molecule has 0 spiro atoms. The van der Waals surface area contributed by atoms with Gasteiger partial charge in [0.25, 0.3) is 0 Å². The molecule has 0 unspecified atom stereocenters. The van der Waals surface area contributed by atoms with Gasteiger partial charge in [-0.25, -0.2) is 4.79 Å². The largest absolute Gasteiger partial charge is 0.504 e. The molecule has 1 saturated heterocycles. The second kappa shape index (κ2) is 14.1. The van der Waals surface area contributed by atoms with Crippen molar-refractivity contribution in [3.8, 4) is 11.5 Å². The predicted molar refractivity (Wildman–Crippen MR) is 136 cm³/mol. The van der Waals surface area contributed by atoms with Crippen molar-refractivity contribution in [3.05, 3.63) is 59.7 Å². The van der Waals surface area contributed by atoms with Crippen LogP contribution in [0.3, 0.4) is 0 Å². The maximum absolute atomic E-state index is 12.5. The Balaban J connectivity index is 1.87. The van der Waals surface area contributed by atoms with Gasteiger partial charge in [-0.05, 0) is 23.8 Å². The number of benzene rings is 2. The molecule has 2 aromatic carbocycles. The molecule has 220 valence electrons. The van der Waals surface area contributed by atoms with E-state index in [0.29, 0.717) is 0 Å². The average Bonchev–Trinajstić information content (AvgIpc) is 2.90. The highest BCUT2D eigenvalue weighted by atomic mass is 16.7. The molecule has 0 aromatic heterocycles. The van der Waals surface area contributed by atoms with E-state index < -0.39 is 72.9 Å². The van der Waals surface area contributed by atoms with E-state index in [2.05, 4.69) is 0 Å². The summed E-state index contributed by atoms with van der Waals surface area (Å²) in [5.41, 5.74) is 0.793. The molecule has 1 aliphatic heterocycles. The van der Waals surface area contributed by atoms with Crippen LogP contribution in [0.5, 0.6) is 11.5 Å². The van der Waals surface area contributed by atoms with Gasteiger partial charge >= 0.3 is 29.8 Å². The quantitative estimate of drug-likeness (QED) is 0.324. The number of hydrogen-bond donors (Lipinski definition) is 1. The molecule has 13 heteroatoms. The minimum atomic E-state index is -1.56. The van der Waals surface area contributed by atoms with Gasteiger partial charge in [0.2, 0.25) is 12.4 Å². The molecule has 0 aliphatic carbocycles. The van der Waals surface area contributed by atoms with Gasteiger partial charge in [-0.3, -0.25) is 19.2 Å². The monoisotopic (exact) mass is 574 g/mol. The molecular formula is C28H30O13. The number of rotatable bonds is 10. The second-order valence-corrected chi connectivity index (χ2v) is 8.93. The van der Waals surface area contributed by atoms with Crippen LogP contribution in [0, 0.1) is 0 Å². The van der Waals surface area contributed by atoms with Crippen molar-refractivity contribution in [1.29, 1.82) is 0 Å². The molecule has 0 radical (unpaired) electrons. The topological polar surface area (TPSA) is 170 Å². The second-order valence-electron chi connectivity index (χ2n) is 8.93. The van der Waals surface area contributed by atoms with Gasteiger partial charge in [-0.2, -0.15) is 0 Å². The molecule has 0 saturated carbocycles. The Hall–Kier alpha value is -4.65. The van der Waals surface area contributed by atoms with E-state index in [-0.39, 0.29) is 17.9 Å². The Morgan fingerprint density at radius 1 is 0.756 bits per heavy atom. The van der Waals surface area contributed by atoms with E-state index >= 15 is 0 Å². The number of hydrogen-bond acceptors (Lipinski definition) is 13. The maximum atomic E-state index is 12.5. The summed E-state index contributed by atoms with van der Waals surface area (Å²) in [6.07, 6.45) is -7.11. The predicted octanol–water partition coefficient (Wildman–Crippen LogP) is 2.21. The van der Waals surface area contributed by atoms with Crippen LogP contribution in [0.1, 0.15) is 43.6 Å². The minimum Gasteiger partial charge on any atom is -0.504 e. The lowest BCUT2D eigenvalue weighted by atomic mass is 9.98. The highest BCUT2D eigenvalue weighted by Crippen LogP contribution is 2.34. The number of phenols is 1. The highest BCUT2D eigenvalue weighted by Gasteiger charge is 2.53. The lowest BCUT2D eigenvalue weighted by Gasteiger charge is -2.43. The van der Waals surface area contributed by atoms with E-state index in [0.717, 1.165) is 39.3 Å². The first-order valence-corrected chi connectivity index (χ1v) is 12.5. The lowest BCUT2D eigenvalue weighted by Crippen LogP contribution is -2.63. The Morgan fingerprint density at radius 2 is 1.37 bits per heavy atom. The van der Waals surface area contributed by atoms with Crippen LogP contribution in [0.2, 0.25) is 0 Å². The Morgan fingerprint density at radius 3 is 1.95 bits per heavy atom. The first-order chi connectivity index (χ1) is 19.4. The third kappa shape index (κ3) is 8.93. The average molecular weight is 575 g/mol. The minimum absolute atomic E-state index is 0.0173. The zero-order valence-electron chi connectivity index (χ0n) is 22.8. The van der Waals surface area contributed by atoms with E-state index in [1.54, 1.807) is 24.3 Å². The maximum Gasteiger partial charge on any atom is 0.338 e. The number of carbonyl (C=O) groups is 5. The van der Waals surface area contributed by atoms with E-state index in [4.69, 9.17) is 33.2 Å². The van der Waals surface area contributed by atoms with Crippen molar-refractivity contribution < 1.29 is 62.2 Å². The van der Waals surface area contributed by atoms with E-state index in [1.165, 1.54) is 12.1 Å². The third-order valence-electron chi connectivity index (χ3n) is 5.60. The normalized spacial score (nSPS) is 21.6. The van der Waals surface area contributed by atoms with Crippen LogP contribution in [0.15, 0.2) is 48.5 Å². The van der Waals surface area contributed by atoms with Crippen molar-refractivity contribution in [1.82, 2.24) is 0 Å². The van der Waals surface area contributed by atoms with Crippen LogP contribution in [-0.2, 0) is 54.2 Å². The number of carbonyl (C=O) groups excluding carboxylic acids is 5. The number of phenolic OH excluding ortho intramolecular Hbond substituents is 1. The van der Waals surface area contributed by atoms with Crippen molar-refractivity contribution in [2.24, 2.45) is 0 Å². The third-order valence-corrected chi connectivity index (χ3v) is 5.60. The molecule has 41 heavy (non-hydrogen) atoms. The molecule has 2 aromatic rings. The van der Waals surface area contributed by atoms with Gasteiger partial charge in [-0.1, -0.05) is 30.3 Å². The first kappa shape index (κ1) is 30.9. The molecule has 3 rings (SSSR count). The summed E-state index contributed by atoms with van der Waals surface area (Å²) < 4.78 is 37.9. The lowest BCUT2D eigenvalue weighted by molar-refractivity contribution is -0.288. The Bertz CT molecular complexity index is 1260. The molecule has 5 atom stereocenters. The molecule has 1 heterocycles. The van der Waals surface area contributed by atoms with Gasteiger partial charge in [0.05, 0.1) is 5.56 Å². The zero-order valence-corrected chi connectivity index (χ0v) is 22.8. The molecule has 0 amide bonds. The SMILES string of the molecule is CC(=O)OC[C@H]1O[C@@H](Oc2ccc(C(=O)OCc3ccccc3)cc2O)[C@H](OC(C)=O)[C@@H](OC(C)=O)[C@H]1OC(C)=O. The van der Waals surface area contributed by atoms with Gasteiger partial charge < -0.3 is 38.3 Å². The van der Waals surface area contributed by atoms with Crippen LogP contribution in [0.25, 0.3) is 0 Å².